The maximum atomic E-state index is 14.2. The van der Waals surface area contributed by atoms with E-state index in [0.717, 1.165) is 18.2 Å². The van der Waals surface area contributed by atoms with E-state index in [1.54, 1.807) is 62.3 Å². The van der Waals surface area contributed by atoms with Crippen molar-refractivity contribution in [2.45, 2.75) is 91.5 Å². The van der Waals surface area contributed by atoms with E-state index in [9.17, 15) is 36.3 Å². The largest absolute Gasteiger partial charge is 0.573 e. The van der Waals surface area contributed by atoms with E-state index < -0.39 is 65.0 Å². The molecule has 0 spiro atoms. The normalized spacial score (nSPS) is 12.6. The molecule has 1 amide bonds. The molecule has 1 aromatic heterocycles. The number of nitrogens with zero attached hydrogens (tertiary/aromatic N) is 1. The summed E-state index contributed by atoms with van der Waals surface area (Å²) in [6.07, 6.45) is -6.89. The van der Waals surface area contributed by atoms with Gasteiger partial charge in [-0.2, -0.15) is 0 Å². The summed E-state index contributed by atoms with van der Waals surface area (Å²) in [7, 11) is 0. The van der Waals surface area contributed by atoms with Crippen LogP contribution in [-0.2, 0) is 18.9 Å². The molecule has 1 heterocycles. The van der Waals surface area contributed by atoms with Crippen LogP contribution in [0.3, 0.4) is 0 Å². The lowest BCUT2D eigenvalue weighted by Gasteiger charge is -2.24. The van der Waals surface area contributed by atoms with Gasteiger partial charge < -0.3 is 29.0 Å². The van der Waals surface area contributed by atoms with Crippen LogP contribution < -0.4 is 10.1 Å². The third-order valence-corrected chi connectivity index (χ3v) is 4.18. The van der Waals surface area contributed by atoms with Gasteiger partial charge in [-0.05, 0) is 92.1 Å². The van der Waals surface area contributed by atoms with Gasteiger partial charge in [0.15, 0.2) is 11.6 Å². The molecule has 43 heavy (non-hydrogen) atoms. The maximum absolute atomic E-state index is 14.2. The number of pyridine rings is 1. The van der Waals surface area contributed by atoms with Crippen LogP contribution in [0.1, 0.15) is 79.6 Å². The summed E-state index contributed by atoms with van der Waals surface area (Å²) in [6, 6.07) is 3.54. The second-order valence-corrected chi connectivity index (χ2v) is 11.7. The van der Waals surface area contributed by atoms with Crippen LogP contribution in [0.4, 0.5) is 36.3 Å². The van der Waals surface area contributed by atoms with Gasteiger partial charge in [-0.15, -0.1) is 13.2 Å². The van der Waals surface area contributed by atoms with Gasteiger partial charge in [-0.25, -0.2) is 23.2 Å². The number of amides is 1. The second kappa shape index (κ2) is 14.3. The Morgan fingerprint density at radius 1 is 0.767 bits per heavy atom. The Labute approximate surface area is 245 Å². The Morgan fingerprint density at radius 3 is 1.70 bits per heavy atom. The van der Waals surface area contributed by atoms with E-state index in [-0.39, 0.29) is 11.3 Å². The van der Waals surface area contributed by atoms with E-state index in [1.807, 2.05) is 0 Å². The molecule has 0 bridgehead atoms. The summed E-state index contributed by atoms with van der Waals surface area (Å²) in [5.41, 5.74) is -2.58. The monoisotopic (exact) mass is 622 g/mol. The minimum absolute atomic E-state index is 0.0597. The number of ether oxygens (including phenoxy) is 5. The van der Waals surface area contributed by atoms with Crippen molar-refractivity contribution in [1.82, 2.24) is 10.3 Å². The molecule has 1 N–H and O–H groups in total. The van der Waals surface area contributed by atoms with Crippen LogP contribution in [-0.4, -0.2) is 46.6 Å². The predicted octanol–water partition coefficient (Wildman–Crippen LogP) is 7.75. The van der Waals surface area contributed by atoms with Crippen LogP contribution in [0.2, 0.25) is 0 Å². The molecule has 0 saturated carbocycles. The molecule has 0 aliphatic heterocycles. The lowest BCUT2D eigenvalue weighted by atomic mass is 10.0. The molecule has 0 unspecified atom stereocenters. The van der Waals surface area contributed by atoms with Gasteiger partial charge in [0.05, 0.1) is 0 Å². The molecule has 240 valence electrons. The smallest absolute Gasteiger partial charge is 0.444 e. The number of halogens is 5. The fourth-order valence-electron chi connectivity index (χ4n) is 2.86. The third kappa shape index (κ3) is 15.6. The van der Waals surface area contributed by atoms with Crippen LogP contribution in [0.5, 0.6) is 5.75 Å². The van der Waals surface area contributed by atoms with Crippen molar-refractivity contribution in [3.05, 3.63) is 59.4 Å². The average molecular weight is 623 g/mol. The van der Waals surface area contributed by atoms with Crippen LogP contribution in [0.25, 0.3) is 0 Å². The first-order valence-corrected chi connectivity index (χ1v) is 12.6. The van der Waals surface area contributed by atoms with Gasteiger partial charge in [0.25, 0.3) is 0 Å². The number of carbonyl (C=O) groups is 3. The highest BCUT2D eigenvalue weighted by atomic mass is 19.4. The van der Waals surface area contributed by atoms with E-state index in [2.05, 4.69) is 19.8 Å². The Balaban J connectivity index is 0.000000523. The Hall–Kier alpha value is -4.17. The van der Waals surface area contributed by atoms with Gasteiger partial charge >= 0.3 is 24.8 Å². The Kier molecular flexibility index (Phi) is 12.3. The summed E-state index contributed by atoms with van der Waals surface area (Å²) in [4.78, 5) is 38.0. The van der Waals surface area contributed by atoms with Crippen LogP contribution in [0, 0.1) is 11.6 Å². The molecule has 0 aliphatic rings. The van der Waals surface area contributed by atoms with E-state index in [0.29, 0.717) is 6.07 Å². The summed E-state index contributed by atoms with van der Waals surface area (Å²) in [5, 5.41) is 2.35. The fourth-order valence-corrected chi connectivity index (χ4v) is 2.86. The highest BCUT2D eigenvalue weighted by Gasteiger charge is 2.33. The van der Waals surface area contributed by atoms with E-state index in [4.69, 9.17) is 14.2 Å². The standard InChI is InChI=1S/C18H17F5N2O3.C10H18O5/c1-17(2,3)28-16(26)25-14(15-11(19)5-4-8-24-15)10-6-7-13(12(20)9-10)27-18(21,22)23;1-9(2,3)14-7(11)13-8(12)15-10(4,5)6/h4-9,14H,1-3H3,(H,25,26);1-6H3/t14-;/m0./s1. The zero-order chi connectivity index (χ0) is 33.4. The molecule has 1 atom stereocenters. The number of benzene rings is 1. The molecule has 0 radical (unpaired) electrons. The van der Waals surface area contributed by atoms with Gasteiger partial charge in [0.1, 0.15) is 34.4 Å². The quantitative estimate of drug-likeness (QED) is 0.158. The summed E-state index contributed by atoms with van der Waals surface area (Å²) in [6.45, 7) is 14.8. The minimum Gasteiger partial charge on any atom is -0.444 e. The molecule has 1 aromatic carbocycles. The van der Waals surface area contributed by atoms with Gasteiger partial charge in [-0.3, -0.25) is 4.98 Å². The molecule has 0 saturated heterocycles. The number of hydrogen-bond donors (Lipinski definition) is 1. The molecule has 0 fully saturated rings. The zero-order valence-electron chi connectivity index (χ0n) is 25.1. The van der Waals surface area contributed by atoms with Crippen molar-refractivity contribution in [2.75, 3.05) is 0 Å². The summed E-state index contributed by atoms with van der Waals surface area (Å²) >= 11 is 0. The number of aromatic nitrogens is 1. The highest BCUT2D eigenvalue weighted by molar-refractivity contribution is 5.77. The first-order valence-electron chi connectivity index (χ1n) is 12.6. The van der Waals surface area contributed by atoms with Crippen LogP contribution >= 0.6 is 0 Å². The zero-order valence-corrected chi connectivity index (χ0v) is 25.1. The van der Waals surface area contributed by atoms with Crippen molar-refractivity contribution in [1.29, 1.82) is 0 Å². The highest BCUT2D eigenvalue weighted by Crippen LogP contribution is 2.30. The van der Waals surface area contributed by atoms with E-state index >= 15 is 0 Å². The summed E-state index contributed by atoms with van der Waals surface area (Å²) in [5.74, 6) is -3.21. The number of rotatable bonds is 4. The SMILES string of the molecule is CC(C)(C)OC(=O)N[C@@H](c1ccc(OC(F)(F)F)c(F)c1)c1ncccc1F.CC(C)(C)OC(=O)OC(=O)OC(C)(C)C. The fraction of sp³-hybridized carbons (Fsp3) is 0.500. The van der Waals surface area contributed by atoms with Gasteiger partial charge in [0.2, 0.25) is 0 Å². The number of carbonyl (C=O) groups excluding carboxylic acids is 3. The molecule has 10 nitrogen and oxygen atoms in total. The van der Waals surface area contributed by atoms with Gasteiger partial charge in [-0.1, -0.05) is 6.07 Å². The molecule has 15 heteroatoms. The number of alkyl carbamates (subject to hydrolysis) is 1. The third-order valence-electron chi connectivity index (χ3n) is 4.18. The van der Waals surface area contributed by atoms with Crippen molar-refractivity contribution in [2.24, 2.45) is 0 Å². The van der Waals surface area contributed by atoms with Crippen molar-refractivity contribution < 1.29 is 60.0 Å². The lowest BCUT2D eigenvalue weighted by Crippen LogP contribution is -2.36. The average Bonchev–Trinajstić information content (AvgIpc) is 2.75. The van der Waals surface area contributed by atoms with E-state index in [1.165, 1.54) is 12.3 Å². The van der Waals surface area contributed by atoms with Crippen molar-refractivity contribution in [3.63, 3.8) is 0 Å². The number of alkyl halides is 3. The maximum Gasteiger partial charge on any atom is 0.573 e. The van der Waals surface area contributed by atoms with Gasteiger partial charge in [0, 0.05) is 6.20 Å². The van der Waals surface area contributed by atoms with Crippen LogP contribution in [0.15, 0.2) is 36.5 Å². The second-order valence-electron chi connectivity index (χ2n) is 11.7. The Bertz CT molecular complexity index is 1240. The summed E-state index contributed by atoms with van der Waals surface area (Å²) < 4.78 is 87.7. The molecular weight excluding hydrogens is 587 g/mol. The Morgan fingerprint density at radius 2 is 1.28 bits per heavy atom. The molecule has 0 aliphatic carbocycles. The topological polar surface area (TPSA) is 122 Å². The molecule has 2 aromatic rings. The molecular formula is C28H35F5N2O8. The lowest BCUT2D eigenvalue weighted by molar-refractivity contribution is -0.275. The predicted molar refractivity (Wildman–Crippen MR) is 142 cm³/mol. The minimum atomic E-state index is -5.08. The first-order chi connectivity index (χ1) is 19.3. The number of nitrogens with one attached hydrogen (secondary N) is 1. The van der Waals surface area contributed by atoms with Crippen molar-refractivity contribution >= 4 is 18.4 Å². The van der Waals surface area contributed by atoms with Crippen molar-refractivity contribution in [3.8, 4) is 5.75 Å². The number of hydrogen-bond acceptors (Lipinski definition) is 9. The first kappa shape index (κ1) is 36.9. The molecule has 2 rings (SSSR count).